The maximum atomic E-state index is 12.3. The SMILES string of the molecule is O=C(Nc1ccc(Cl)cc1Cl)N1CCN(CC2CCCO2)CC1. The van der Waals surface area contributed by atoms with Gasteiger partial charge in [-0.3, -0.25) is 4.90 Å². The molecule has 2 aliphatic rings. The molecule has 23 heavy (non-hydrogen) atoms. The molecule has 1 atom stereocenters. The number of urea groups is 1. The standard InChI is InChI=1S/C16H21Cl2N3O2/c17-12-3-4-15(14(18)10-12)19-16(22)21-7-5-20(6-8-21)11-13-2-1-9-23-13/h3-4,10,13H,1-2,5-9,11H2,(H,19,22). The molecule has 1 aromatic carbocycles. The highest BCUT2D eigenvalue weighted by Crippen LogP contribution is 2.25. The number of hydrogen-bond acceptors (Lipinski definition) is 3. The predicted molar refractivity (Wildman–Crippen MR) is 92.5 cm³/mol. The summed E-state index contributed by atoms with van der Waals surface area (Å²) in [4.78, 5) is 16.5. The third-order valence-electron chi connectivity index (χ3n) is 4.32. The summed E-state index contributed by atoms with van der Waals surface area (Å²) in [6.45, 7) is 5.03. The summed E-state index contributed by atoms with van der Waals surface area (Å²) in [5.74, 6) is 0. The van der Waals surface area contributed by atoms with Crippen LogP contribution in [0, 0.1) is 0 Å². The second-order valence-electron chi connectivity index (χ2n) is 5.98. The highest BCUT2D eigenvalue weighted by molar-refractivity contribution is 6.36. The molecule has 3 rings (SSSR count). The Morgan fingerprint density at radius 1 is 1.26 bits per heavy atom. The number of amides is 2. The molecule has 5 nitrogen and oxygen atoms in total. The van der Waals surface area contributed by atoms with E-state index in [0.717, 1.165) is 39.1 Å². The van der Waals surface area contributed by atoms with E-state index in [1.807, 2.05) is 4.90 Å². The number of carbonyl (C=O) groups excluding carboxylic acids is 1. The van der Waals surface area contributed by atoms with E-state index in [0.29, 0.717) is 34.9 Å². The molecule has 1 aromatic rings. The van der Waals surface area contributed by atoms with Gasteiger partial charge in [0.05, 0.1) is 16.8 Å². The van der Waals surface area contributed by atoms with Gasteiger partial charge in [0.1, 0.15) is 0 Å². The van der Waals surface area contributed by atoms with Crippen LogP contribution >= 0.6 is 23.2 Å². The van der Waals surface area contributed by atoms with Gasteiger partial charge in [0, 0.05) is 44.4 Å². The van der Waals surface area contributed by atoms with E-state index in [1.54, 1.807) is 18.2 Å². The Morgan fingerprint density at radius 2 is 2.04 bits per heavy atom. The fraction of sp³-hybridized carbons (Fsp3) is 0.562. The number of carbonyl (C=O) groups is 1. The van der Waals surface area contributed by atoms with Gasteiger partial charge in [0.15, 0.2) is 0 Å². The Balaban J connectivity index is 1.47. The molecular weight excluding hydrogens is 337 g/mol. The van der Waals surface area contributed by atoms with Gasteiger partial charge in [-0.2, -0.15) is 0 Å². The van der Waals surface area contributed by atoms with Crippen LogP contribution in [0.15, 0.2) is 18.2 Å². The summed E-state index contributed by atoms with van der Waals surface area (Å²) in [5, 5.41) is 3.85. The molecule has 2 heterocycles. The fourth-order valence-corrected chi connectivity index (χ4v) is 3.45. The van der Waals surface area contributed by atoms with E-state index in [1.165, 1.54) is 0 Å². The molecule has 0 saturated carbocycles. The normalized spacial score (nSPS) is 22.3. The van der Waals surface area contributed by atoms with Crippen LogP contribution in [0.25, 0.3) is 0 Å². The van der Waals surface area contributed by atoms with E-state index in [2.05, 4.69) is 10.2 Å². The van der Waals surface area contributed by atoms with Crippen molar-refractivity contribution in [3.63, 3.8) is 0 Å². The summed E-state index contributed by atoms with van der Waals surface area (Å²) in [6.07, 6.45) is 2.67. The van der Waals surface area contributed by atoms with Crippen molar-refractivity contribution >= 4 is 34.9 Å². The first-order valence-corrected chi connectivity index (χ1v) is 8.72. The number of hydrogen-bond donors (Lipinski definition) is 1. The summed E-state index contributed by atoms with van der Waals surface area (Å²) in [7, 11) is 0. The van der Waals surface area contributed by atoms with Gasteiger partial charge in [0.25, 0.3) is 0 Å². The lowest BCUT2D eigenvalue weighted by Gasteiger charge is -2.35. The van der Waals surface area contributed by atoms with Crippen molar-refractivity contribution in [1.29, 1.82) is 0 Å². The molecule has 1 N–H and O–H groups in total. The molecule has 1 unspecified atom stereocenters. The Kier molecular flexibility index (Phi) is 5.64. The van der Waals surface area contributed by atoms with Crippen LogP contribution in [-0.4, -0.2) is 61.3 Å². The van der Waals surface area contributed by atoms with E-state index >= 15 is 0 Å². The lowest BCUT2D eigenvalue weighted by molar-refractivity contribution is 0.0572. The number of ether oxygens (including phenoxy) is 1. The van der Waals surface area contributed by atoms with Gasteiger partial charge in [-0.15, -0.1) is 0 Å². The Hall–Kier alpha value is -1.01. The molecule has 2 saturated heterocycles. The monoisotopic (exact) mass is 357 g/mol. The Morgan fingerprint density at radius 3 is 2.70 bits per heavy atom. The first-order chi connectivity index (χ1) is 11.1. The molecule has 0 aromatic heterocycles. The number of rotatable bonds is 3. The van der Waals surface area contributed by atoms with Crippen molar-refractivity contribution in [3.8, 4) is 0 Å². The van der Waals surface area contributed by atoms with Crippen molar-refractivity contribution in [2.45, 2.75) is 18.9 Å². The molecule has 0 spiro atoms. The summed E-state index contributed by atoms with van der Waals surface area (Å²) >= 11 is 12.0. The average molecular weight is 358 g/mol. The minimum Gasteiger partial charge on any atom is -0.377 e. The Bertz CT molecular complexity index is 556. The van der Waals surface area contributed by atoms with E-state index in [9.17, 15) is 4.79 Å². The quantitative estimate of drug-likeness (QED) is 0.902. The largest absolute Gasteiger partial charge is 0.377 e. The molecule has 0 bridgehead atoms. The zero-order chi connectivity index (χ0) is 16.2. The summed E-state index contributed by atoms with van der Waals surface area (Å²) < 4.78 is 5.67. The molecule has 0 aliphatic carbocycles. The predicted octanol–water partition coefficient (Wildman–Crippen LogP) is 3.32. The summed E-state index contributed by atoms with van der Waals surface area (Å²) in [5.41, 5.74) is 0.586. The first kappa shape index (κ1) is 16.8. The lowest BCUT2D eigenvalue weighted by atomic mass is 10.2. The van der Waals surface area contributed by atoms with E-state index < -0.39 is 0 Å². The van der Waals surface area contributed by atoms with Gasteiger partial charge >= 0.3 is 6.03 Å². The van der Waals surface area contributed by atoms with Crippen molar-refractivity contribution in [1.82, 2.24) is 9.80 Å². The van der Waals surface area contributed by atoms with Crippen LogP contribution in [-0.2, 0) is 4.74 Å². The number of nitrogens with one attached hydrogen (secondary N) is 1. The highest BCUT2D eigenvalue weighted by Gasteiger charge is 2.25. The van der Waals surface area contributed by atoms with Gasteiger partial charge in [-0.05, 0) is 31.0 Å². The van der Waals surface area contributed by atoms with Crippen LogP contribution in [0.5, 0.6) is 0 Å². The third kappa shape index (κ3) is 4.51. The zero-order valence-electron chi connectivity index (χ0n) is 12.9. The van der Waals surface area contributed by atoms with E-state index in [4.69, 9.17) is 27.9 Å². The molecule has 2 aliphatic heterocycles. The van der Waals surface area contributed by atoms with Gasteiger partial charge in [0.2, 0.25) is 0 Å². The molecule has 2 amide bonds. The first-order valence-electron chi connectivity index (χ1n) is 7.97. The minimum atomic E-state index is -0.119. The molecular formula is C16H21Cl2N3O2. The van der Waals surface area contributed by atoms with Crippen molar-refractivity contribution in [2.75, 3.05) is 44.6 Å². The number of benzene rings is 1. The minimum absolute atomic E-state index is 0.119. The van der Waals surface area contributed by atoms with Crippen molar-refractivity contribution in [2.24, 2.45) is 0 Å². The lowest BCUT2D eigenvalue weighted by Crippen LogP contribution is -2.51. The fourth-order valence-electron chi connectivity index (χ4n) is 2.99. The zero-order valence-corrected chi connectivity index (χ0v) is 14.4. The van der Waals surface area contributed by atoms with Crippen molar-refractivity contribution in [3.05, 3.63) is 28.2 Å². The van der Waals surface area contributed by atoms with Gasteiger partial charge in [-0.25, -0.2) is 4.79 Å². The topological polar surface area (TPSA) is 44.8 Å². The van der Waals surface area contributed by atoms with Gasteiger partial charge < -0.3 is 15.0 Å². The second kappa shape index (κ2) is 7.71. The number of anilines is 1. The smallest absolute Gasteiger partial charge is 0.321 e. The number of nitrogens with zero attached hydrogens (tertiary/aromatic N) is 2. The number of halogens is 2. The van der Waals surface area contributed by atoms with E-state index in [-0.39, 0.29) is 6.03 Å². The van der Waals surface area contributed by atoms with Crippen LogP contribution in [0.2, 0.25) is 10.0 Å². The average Bonchev–Trinajstić information content (AvgIpc) is 3.04. The second-order valence-corrected chi connectivity index (χ2v) is 6.82. The maximum absolute atomic E-state index is 12.3. The molecule has 7 heteroatoms. The maximum Gasteiger partial charge on any atom is 0.321 e. The van der Waals surface area contributed by atoms with Crippen LogP contribution in [0.4, 0.5) is 10.5 Å². The molecule has 126 valence electrons. The molecule has 2 fully saturated rings. The number of piperazine rings is 1. The highest BCUT2D eigenvalue weighted by atomic mass is 35.5. The van der Waals surface area contributed by atoms with Gasteiger partial charge in [-0.1, -0.05) is 23.2 Å². The van der Waals surface area contributed by atoms with Crippen LogP contribution in [0.3, 0.4) is 0 Å². The van der Waals surface area contributed by atoms with Crippen LogP contribution < -0.4 is 5.32 Å². The van der Waals surface area contributed by atoms with Crippen LogP contribution in [0.1, 0.15) is 12.8 Å². The molecule has 0 radical (unpaired) electrons. The summed E-state index contributed by atoms with van der Waals surface area (Å²) in [6, 6.07) is 4.93. The third-order valence-corrected chi connectivity index (χ3v) is 4.87. The Labute approximate surface area is 146 Å². The van der Waals surface area contributed by atoms with Crippen molar-refractivity contribution < 1.29 is 9.53 Å².